The summed E-state index contributed by atoms with van der Waals surface area (Å²) in [4.78, 5) is 14.1. The van der Waals surface area contributed by atoms with Crippen molar-refractivity contribution in [2.45, 2.75) is 72.4 Å². The van der Waals surface area contributed by atoms with Gasteiger partial charge in [0.2, 0.25) is 0 Å². The molecule has 0 aromatic carbocycles. The molecule has 5 atom stereocenters. The van der Waals surface area contributed by atoms with Crippen molar-refractivity contribution in [3.8, 4) is 0 Å². The van der Waals surface area contributed by atoms with E-state index in [0.29, 0.717) is 17.9 Å². The summed E-state index contributed by atoms with van der Waals surface area (Å²) in [6.07, 6.45) is 4.18. The number of hydrogen-bond donors (Lipinski definition) is 1. The first-order valence-electron chi connectivity index (χ1n) is 8.18. The highest BCUT2D eigenvalue weighted by atomic mass is 16.4. The smallest absolute Gasteiger partial charge is 0.308 e. The molecule has 1 N–H and O–H groups in total. The van der Waals surface area contributed by atoms with E-state index in [2.05, 4.69) is 39.5 Å². The third kappa shape index (κ3) is 3.19. The summed E-state index contributed by atoms with van der Waals surface area (Å²) in [5, 5.41) is 9.58. The second-order valence-corrected chi connectivity index (χ2v) is 8.27. The molecular weight excluding hydrogens is 250 g/mol. The van der Waals surface area contributed by atoms with Gasteiger partial charge in [0, 0.05) is 18.6 Å². The maximum Gasteiger partial charge on any atom is 0.308 e. The molecule has 2 fully saturated rings. The quantitative estimate of drug-likeness (QED) is 0.840. The predicted molar refractivity (Wildman–Crippen MR) is 81.7 cm³/mol. The van der Waals surface area contributed by atoms with Gasteiger partial charge < -0.3 is 5.11 Å². The molecule has 0 bridgehead atoms. The molecule has 20 heavy (non-hydrogen) atoms. The number of likely N-dealkylation sites (tertiary alicyclic amines) is 1. The summed E-state index contributed by atoms with van der Waals surface area (Å²) < 4.78 is 0. The standard InChI is InChI=1S/C17H31NO2/c1-11-8-12(2)18(10-11)15-9-13(17(3,4)5)6-7-14(15)16(19)20/h11-15H,6-10H2,1-5H3,(H,19,20). The van der Waals surface area contributed by atoms with Gasteiger partial charge in [-0.05, 0) is 49.9 Å². The van der Waals surface area contributed by atoms with Crippen LogP contribution < -0.4 is 0 Å². The lowest BCUT2D eigenvalue weighted by molar-refractivity contribution is -0.147. The van der Waals surface area contributed by atoms with Crippen LogP contribution in [0.2, 0.25) is 0 Å². The van der Waals surface area contributed by atoms with E-state index in [1.165, 1.54) is 6.42 Å². The average molecular weight is 281 g/mol. The Hall–Kier alpha value is -0.570. The molecule has 1 heterocycles. The van der Waals surface area contributed by atoms with E-state index in [1.54, 1.807) is 0 Å². The SMILES string of the molecule is CC1CC(C)N(C2CC(C(C)(C)C)CCC2C(=O)O)C1. The van der Waals surface area contributed by atoms with Crippen molar-refractivity contribution in [1.29, 1.82) is 0 Å². The molecule has 1 saturated carbocycles. The average Bonchev–Trinajstić information content (AvgIpc) is 2.66. The van der Waals surface area contributed by atoms with Gasteiger partial charge in [0.15, 0.2) is 0 Å². The van der Waals surface area contributed by atoms with Gasteiger partial charge in [-0.1, -0.05) is 27.7 Å². The highest BCUT2D eigenvalue weighted by molar-refractivity contribution is 5.71. The summed E-state index contributed by atoms with van der Waals surface area (Å²) in [6, 6.07) is 0.779. The molecule has 1 aliphatic carbocycles. The normalized spacial score (nSPS) is 40.0. The molecule has 2 aliphatic rings. The van der Waals surface area contributed by atoms with Crippen molar-refractivity contribution in [2.75, 3.05) is 6.54 Å². The molecule has 1 saturated heterocycles. The molecule has 1 aliphatic heterocycles. The van der Waals surface area contributed by atoms with Crippen LogP contribution in [0.25, 0.3) is 0 Å². The summed E-state index contributed by atoms with van der Waals surface area (Å²) in [5.74, 6) is 0.594. The minimum atomic E-state index is -0.589. The number of rotatable bonds is 2. The Morgan fingerprint density at radius 2 is 1.80 bits per heavy atom. The van der Waals surface area contributed by atoms with Gasteiger partial charge in [0.05, 0.1) is 5.92 Å². The van der Waals surface area contributed by atoms with Crippen LogP contribution in [0.3, 0.4) is 0 Å². The van der Waals surface area contributed by atoms with Crippen molar-refractivity contribution >= 4 is 5.97 Å². The maximum absolute atomic E-state index is 11.6. The first-order chi connectivity index (χ1) is 9.20. The third-order valence-electron chi connectivity index (χ3n) is 5.62. The molecule has 116 valence electrons. The van der Waals surface area contributed by atoms with Crippen molar-refractivity contribution in [1.82, 2.24) is 4.90 Å². The first-order valence-corrected chi connectivity index (χ1v) is 8.18. The molecule has 0 aromatic rings. The Balaban J connectivity index is 2.17. The zero-order chi connectivity index (χ0) is 15.1. The topological polar surface area (TPSA) is 40.5 Å². The lowest BCUT2D eigenvalue weighted by atomic mass is 9.67. The molecule has 3 nitrogen and oxygen atoms in total. The highest BCUT2D eigenvalue weighted by Gasteiger charge is 2.44. The van der Waals surface area contributed by atoms with Crippen LogP contribution in [0.5, 0.6) is 0 Å². The largest absolute Gasteiger partial charge is 0.481 e. The Morgan fingerprint density at radius 1 is 1.15 bits per heavy atom. The van der Waals surface area contributed by atoms with Crippen LogP contribution in [0.1, 0.15) is 60.3 Å². The fourth-order valence-electron chi connectivity index (χ4n) is 4.38. The molecule has 3 heteroatoms. The van der Waals surface area contributed by atoms with Crippen LogP contribution in [-0.2, 0) is 4.79 Å². The molecule has 2 rings (SSSR count). The Bertz CT molecular complexity index is 360. The van der Waals surface area contributed by atoms with Crippen molar-refractivity contribution in [2.24, 2.45) is 23.2 Å². The predicted octanol–water partition coefficient (Wildman–Crippen LogP) is 3.63. The number of hydrogen-bond acceptors (Lipinski definition) is 2. The van der Waals surface area contributed by atoms with Gasteiger partial charge in [-0.2, -0.15) is 0 Å². The minimum Gasteiger partial charge on any atom is -0.481 e. The van der Waals surface area contributed by atoms with Gasteiger partial charge in [-0.25, -0.2) is 0 Å². The summed E-state index contributed by atoms with van der Waals surface area (Å²) >= 11 is 0. The Labute approximate surface area is 123 Å². The van der Waals surface area contributed by atoms with Crippen LogP contribution in [-0.4, -0.2) is 34.6 Å². The van der Waals surface area contributed by atoms with Crippen molar-refractivity contribution in [3.05, 3.63) is 0 Å². The summed E-state index contributed by atoms with van der Waals surface area (Å²) in [7, 11) is 0. The zero-order valence-corrected chi connectivity index (χ0v) is 13.7. The van der Waals surface area contributed by atoms with E-state index in [9.17, 15) is 9.90 Å². The van der Waals surface area contributed by atoms with E-state index in [1.807, 2.05) is 0 Å². The van der Waals surface area contributed by atoms with E-state index in [-0.39, 0.29) is 17.4 Å². The van der Waals surface area contributed by atoms with Gasteiger partial charge in [0.25, 0.3) is 0 Å². The second-order valence-electron chi connectivity index (χ2n) is 8.27. The van der Waals surface area contributed by atoms with Crippen molar-refractivity contribution < 1.29 is 9.90 Å². The fraction of sp³-hybridized carbons (Fsp3) is 0.941. The zero-order valence-electron chi connectivity index (χ0n) is 13.7. The molecule has 5 unspecified atom stereocenters. The van der Waals surface area contributed by atoms with Crippen LogP contribution >= 0.6 is 0 Å². The van der Waals surface area contributed by atoms with Crippen molar-refractivity contribution in [3.63, 3.8) is 0 Å². The lowest BCUT2D eigenvalue weighted by Gasteiger charge is -2.45. The highest BCUT2D eigenvalue weighted by Crippen LogP contribution is 2.43. The van der Waals surface area contributed by atoms with Gasteiger partial charge in [-0.3, -0.25) is 9.69 Å². The Kier molecular flexibility index (Phi) is 4.48. The van der Waals surface area contributed by atoms with Gasteiger partial charge >= 0.3 is 5.97 Å². The molecule has 0 radical (unpaired) electrons. The first kappa shape index (κ1) is 15.8. The number of carbonyl (C=O) groups is 1. The van der Waals surface area contributed by atoms with E-state index in [4.69, 9.17) is 0 Å². The summed E-state index contributed by atoms with van der Waals surface area (Å²) in [5.41, 5.74) is 0.288. The number of carboxylic acids is 1. The number of nitrogens with zero attached hydrogens (tertiary/aromatic N) is 1. The van der Waals surface area contributed by atoms with Gasteiger partial charge in [0.1, 0.15) is 0 Å². The van der Waals surface area contributed by atoms with Crippen LogP contribution in [0.15, 0.2) is 0 Å². The third-order valence-corrected chi connectivity index (χ3v) is 5.62. The Morgan fingerprint density at radius 3 is 2.25 bits per heavy atom. The van der Waals surface area contributed by atoms with Crippen LogP contribution in [0, 0.1) is 23.2 Å². The molecular formula is C17H31NO2. The molecule has 0 aromatic heterocycles. The van der Waals surface area contributed by atoms with E-state index < -0.39 is 5.97 Å². The monoisotopic (exact) mass is 281 g/mol. The minimum absolute atomic E-state index is 0.165. The molecule has 0 amide bonds. The molecule has 0 spiro atoms. The van der Waals surface area contributed by atoms with E-state index >= 15 is 0 Å². The van der Waals surface area contributed by atoms with E-state index in [0.717, 1.165) is 25.8 Å². The number of aliphatic carboxylic acids is 1. The maximum atomic E-state index is 11.6. The second kappa shape index (κ2) is 5.67. The summed E-state index contributed by atoms with van der Waals surface area (Å²) in [6.45, 7) is 12.5. The lowest BCUT2D eigenvalue weighted by Crippen LogP contribution is -2.50. The van der Waals surface area contributed by atoms with Crippen LogP contribution in [0.4, 0.5) is 0 Å². The van der Waals surface area contributed by atoms with Gasteiger partial charge in [-0.15, -0.1) is 0 Å². The number of carboxylic acid groups (broad SMARTS) is 1. The fourth-order valence-corrected chi connectivity index (χ4v) is 4.38.